The Morgan fingerprint density at radius 1 is 1.33 bits per heavy atom. The second-order valence-corrected chi connectivity index (χ2v) is 3.18. The molecule has 1 N–H and O–H groups in total. The van der Waals surface area contributed by atoms with Crippen molar-refractivity contribution >= 4 is 0 Å². The van der Waals surface area contributed by atoms with Crippen LogP contribution in [0.4, 0.5) is 0 Å². The molecule has 1 rings (SSSR count). The van der Waals surface area contributed by atoms with Gasteiger partial charge in [-0.25, -0.2) is 0 Å². The summed E-state index contributed by atoms with van der Waals surface area (Å²) < 4.78 is 0. The molecule has 0 heterocycles. The van der Waals surface area contributed by atoms with Crippen LogP contribution in [-0.4, -0.2) is 10.7 Å². The molecule has 1 nitrogen and oxygen atoms in total. The Hall–Kier alpha value is -0.0400. The van der Waals surface area contributed by atoms with Gasteiger partial charge in [0.2, 0.25) is 0 Å². The van der Waals surface area contributed by atoms with Gasteiger partial charge >= 0.3 is 0 Å². The van der Waals surface area contributed by atoms with E-state index in [0.29, 0.717) is 0 Å². The number of rotatable bonds is 4. The van der Waals surface area contributed by atoms with Crippen molar-refractivity contribution in [3.05, 3.63) is 0 Å². The van der Waals surface area contributed by atoms with Gasteiger partial charge in [0, 0.05) is 0 Å². The summed E-state index contributed by atoms with van der Waals surface area (Å²) in [4.78, 5) is 0. The molecule has 0 radical (unpaired) electrons. The van der Waals surface area contributed by atoms with Gasteiger partial charge in [0.25, 0.3) is 0 Å². The molecule has 0 saturated heterocycles. The zero-order chi connectivity index (χ0) is 6.74. The standard InChI is InChI=1S/C8H16O/c1-2-3-4-5-8(9)6-7-8/h9H,2-7H2,1H3. The maximum Gasteiger partial charge on any atom is 0.0650 e. The van der Waals surface area contributed by atoms with Crippen LogP contribution >= 0.6 is 0 Å². The van der Waals surface area contributed by atoms with Crippen LogP contribution in [-0.2, 0) is 0 Å². The Morgan fingerprint density at radius 2 is 2.00 bits per heavy atom. The zero-order valence-corrected chi connectivity index (χ0v) is 6.19. The van der Waals surface area contributed by atoms with E-state index in [-0.39, 0.29) is 5.60 Å². The van der Waals surface area contributed by atoms with Crippen LogP contribution < -0.4 is 0 Å². The highest BCUT2D eigenvalue weighted by Gasteiger charge is 2.38. The van der Waals surface area contributed by atoms with E-state index in [9.17, 15) is 5.11 Å². The number of unbranched alkanes of at least 4 members (excludes halogenated alkanes) is 2. The smallest absolute Gasteiger partial charge is 0.0650 e. The summed E-state index contributed by atoms with van der Waals surface area (Å²) in [7, 11) is 0. The Balaban J connectivity index is 1.92. The Bertz CT molecular complexity index is 84.6. The molecule has 0 aromatic carbocycles. The average molecular weight is 128 g/mol. The van der Waals surface area contributed by atoms with Crippen molar-refractivity contribution in [2.45, 2.75) is 51.0 Å². The Morgan fingerprint density at radius 3 is 2.44 bits per heavy atom. The summed E-state index contributed by atoms with van der Waals surface area (Å²) in [5.41, 5.74) is -0.199. The first-order chi connectivity index (χ1) is 4.27. The van der Waals surface area contributed by atoms with Crippen molar-refractivity contribution in [1.29, 1.82) is 0 Å². The summed E-state index contributed by atoms with van der Waals surface area (Å²) in [6.45, 7) is 2.19. The van der Waals surface area contributed by atoms with Crippen LogP contribution in [0.1, 0.15) is 45.4 Å². The molecule has 1 aliphatic rings. The number of hydrogen-bond donors (Lipinski definition) is 1. The van der Waals surface area contributed by atoms with Gasteiger partial charge in [0.15, 0.2) is 0 Å². The number of hydrogen-bond acceptors (Lipinski definition) is 1. The highest BCUT2D eigenvalue weighted by molar-refractivity contribution is 4.92. The first kappa shape index (κ1) is 7.07. The molecule has 1 fully saturated rings. The van der Waals surface area contributed by atoms with Crippen LogP contribution in [0.2, 0.25) is 0 Å². The lowest BCUT2D eigenvalue weighted by molar-refractivity contribution is 0.136. The maximum atomic E-state index is 9.36. The van der Waals surface area contributed by atoms with Crippen molar-refractivity contribution in [2.75, 3.05) is 0 Å². The van der Waals surface area contributed by atoms with E-state index in [1.807, 2.05) is 0 Å². The lowest BCUT2D eigenvalue weighted by atomic mass is 10.1. The summed E-state index contributed by atoms with van der Waals surface area (Å²) >= 11 is 0. The van der Waals surface area contributed by atoms with Gasteiger partial charge in [-0.1, -0.05) is 26.2 Å². The van der Waals surface area contributed by atoms with Gasteiger partial charge in [-0.15, -0.1) is 0 Å². The molecular weight excluding hydrogens is 112 g/mol. The lowest BCUT2D eigenvalue weighted by Crippen LogP contribution is -2.04. The molecular formula is C8H16O. The van der Waals surface area contributed by atoms with E-state index >= 15 is 0 Å². The van der Waals surface area contributed by atoms with E-state index in [1.165, 1.54) is 19.3 Å². The van der Waals surface area contributed by atoms with Gasteiger partial charge in [-0.2, -0.15) is 0 Å². The summed E-state index contributed by atoms with van der Waals surface area (Å²) in [6.07, 6.45) is 6.90. The third kappa shape index (κ3) is 2.35. The van der Waals surface area contributed by atoms with E-state index in [0.717, 1.165) is 19.3 Å². The molecule has 0 aliphatic heterocycles. The van der Waals surface area contributed by atoms with Crippen LogP contribution in [0, 0.1) is 0 Å². The third-order valence-corrected chi connectivity index (χ3v) is 2.07. The second kappa shape index (κ2) is 2.70. The third-order valence-electron chi connectivity index (χ3n) is 2.07. The van der Waals surface area contributed by atoms with Crippen molar-refractivity contribution in [1.82, 2.24) is 0 Å². The molecule has 0 spiro atoms. The van der Waals surface area contributed by atoms with Gasteiger partial charge < -0.3 is 5.11 Å². The van der Waals surface area contributed by atoms with Gasteiger partial charge in [-0.05, 0) is 19.3 Å². The molecule has 0 aromatic rings. The Labute approximate surface area is 57.1 Å². The summed E-state index contributed by atoms with van der Waals surface area (Å²) in [5.74, 6) is 0. The van der Waals surface area contributed by atoms with E-state index in [1.54, 1.807) is 0 Å². The molecule has 0 aromatic heterocycles. The molecule has 9 heavy (non-hydrogen) atoms. The van der Waals surface area contributed by atoms with Gasteiger partial charge in [0.05, 0.1) is 5.60 Å². The van der Waals surface area contributed by atoms with Crippen molar-refractivity contribution < 1.29 is 5.11 Å². The molecule has 1 heteroatoms. The second-order valence-electron chi connectivity index (χ2n) is 3.18. The fourth-order valence-corrected chi connectivity index (χ4v) is 1.10. The fraction of sp³-hybridized carbons (Fsp3) is 1.00. The Kier molecular flexibility index (Phi) is 2.12. The normalized spacial score (nSPS) is 22.0. The highest BCUT2D eigenvalue weighted by Crippen LogP contribution is 2.39. The van der Waals surface area contributed by atoms with Gasteiger partial charge in [-0.3, -0.25) is 0 Å². The maximum absolute atomic E-state index is 9.36. The minimum atomic E-state index is -0.199. The molecule has 54 valence electrons. The summed E-state index contributed by atoms with van der Waals surface area (Å²) in [6, 6.07) is 0. The lowest BCUT2D eigenvalue weighted by Gasteiger charge is -2.04. The first-order valence-corrected chi connectivity index (χ1v) is 3.99. The van der Waals surface area contributed by atoms with Crippen LogP contribution in [0.3, 0.4) is 0 Å². The summed E-state index contributed by atoms with van der Waals surface area (Å²) in [5, 5.41) is 9.36. The molecule has 0 bridgehead atoms. The molecule has 0 amide bonds. The fourth-order valence-electron chi connectivity index (χ4n) is 1.10. The molecule has 1 aliphatic carbocycles. The van der Waals surface area contributed by atoms with Crippen molar-refractivity contribution in [2.24, 2.45) is 0 Å². The van der Waals surface area contributed by atoms with E-state index in [4.69, 9.17) is 0 Å². The molecule has 1 saturated carbocycles. The zero-order valence-electron chi connectivity index (χ0n) is 6.19. The van der Waals surface area contributed by atoms with Crippen LogP contribution in [0.25, 0.3) is 0 Å². The SMILES string of the molecule is CCCCCC1(O)CC1. The van der Waals surface area contributed by atoms with E-state index in [2.05, 4.69) is 6.92 Å². The van der Waals surface area contributed by atoms with E-state index < -0.39 is 0 Å². The molecule has 0 unspecified atom stereocenters. The quantitative estimate of drug-likeness (QED) is 0.575. The topological polar surface area (TPSA) is 20.2 Å². The predicted octanol–water partition coefficient (Wildman–Crippen LogP) is 2.09. The molecule has 0 atom stereocenters. The largest absolute Gasteiger partial charge is 0.390 e. The minimum Gasteiger partial charge on any atom is -0.390 e. The number of aliphatic hydroxyl groups is 1. The highest BCUT2D eigenvalue weighted by atomic mass is 16.3. The first-order valence-electron chi connectivity index (χ1n) is 3.99. The van der Waals surface area contributed by atoms with Crippen LogP contribution in [0.15, 0.2) is 0 Å². The predicted molar refractivity (Wildman–Crippen MR) is 38.3 cm³/mol. The average Bonchev–Trinajstić information content (AvgIpc) is 2.50. The van der Waals surface area contributed by atoms with Crippen LogP contribution in [0.5, 0.6) is 0 Å². The van der Waals surface area contributed by atoms with Crippen molar-refractivity contribution in [3.63, 3.8) is 0 Å². The monoisotopic (exact) mass is 128 g/mol. The van der Waals surface area contributed by atoms with Gasteiger partial charge in [0.1, 0.15) is 0 Å². The minimum absolute atomic E-state index is 0.199. The van der Waals surface area contributed by atoms with Crippen molar-refractivity contribution in [3.8, 4) is 0 Å².